The Morgan fingerprint density at radius 2 is 1.18 bits per heavy atom. The quantitative estimate of drug-likeness (QED) is 0.185. The fourth-order valence-corrected chi connectivity index (χ4v) is 10.5. The number of aromatic nitrogens is 2. The smallest absolute Gasteiger partial charge is 0.149 e. The molecular weight excluding hydrogens is 691 g/mol. The van der Waals surface area contributed by atoms with Crippen LogP contribution in [0.1, 0.15) is 22.3 Å². The van der Waals surface area contributed by atoms with Crippen LogP contribution in [0, 0.1) is 0 Å². The second kappa shape index (κ2) is 11.3. The highest BCUT2D eigenvalue weighted by molar-refractivity contribution is 7.99. The normalized spacial score (nSPS) is 13.6. The number of nitrogen functional groups attached to an aromatic ring is 1. The Morgan fingerprint density at radius 3 is 2.00 bits per heavy atom. The van der Waals surface area contributed by atoms with Gasteiger partial charge in [-0.1, -0.05) is 127 Å². The Morgan fingerprint density at radius 1 is 0.527 bits per heavy atom. The van der Waals surface area contributed by atoms with Crippen molar-refractivity contribution in [2.75, 3.05) is 5.73 Å². The first-order valence-corrected chi connectivity index (χ1v) is 19.4. The van der Waals surface area contributed by atoms with Crippen molar-refractivity contribution in [2.24, 2.45) is 0 Å². The van der Waals surface area contributed by atoms with Gasteiger partial charge in [0.05, 0.1) is 22.0 Å². The van der Waals surface area contributed by atoms with Gasteiger partial charge in [0.1, 0.15) is 17.0 Å². The number of imidazole rings is 1. The maximum atomic E-state index is 7.05. The van der Waals surface area contributed by atoms with Crippen LogP contribution < -0.4 is 5.73 Å². The molecule has 12 rings (SSSR count). The van der Waals surface area contributed by atoms with Gasteiger partial charge >= 0.3 is 0 Å². The average molecular weight is 722 g/mol. The molecule has 8 aromatic carbocycles. The van der Waals surface area contributed by atoms with E-state index in [1.165, 1.54) is 43.2 Å². The van der Waals surface area contributed by atoms with E-state index in [2.05, 4.69) is 162 Å². The minimum Gasteiger partial charge on any atom is -0.455 e. The Labute approximate surface area is 321 Å². The fourth-order valence-electron chi connectivity index (χ4n) is 9.35. The molecule has 0 fully saturated rings. The summed E-state index contributed by atoms with van der Waals surface area (Å²) < 4.78 is 8.74. The van der Waals surface area contributed by atoms with E-state index >= 15 is 0 Å². The highest BCUT2D eigenvalue weighted by Gasteiger charge is 2.50. The van der Waals surface area contributed by atoms with E-state index in [4.69, 9.17) is 15.1 Å². The van der Waals surface area contributed by atoms with Crippen molar-refractivity contribution in [2.45, 2.75) is 15.2 Å². The lowest BCUT2D eigenvalue weighted by Gasteiger charge is -2.39. The van der Waals surface area contributed by atoms with Gasteiger partial charge < -0.3 is 10.2 Å². The largest absolute Gasteiger partial charge is 0.455 e. The van der Waals surface area contributed by atoms with Crippen molar-refractivity contribution in [1.82, 2.24) is 9.55 Å². The van der Waals surface area contributed by atoms with Gasteiger partial charge in [0.15, 0.2) is 0 Å². The van der Waals surface area contributed by atoms with E-state index in [9.17, 15) is 0 Å². The van der Waals surface area contributed by atoms with Crippen LogP contribution in [-0.2, 0) is 5.41 Å². The number of para-hydroxylation sites is 4. The minimum absolute atomic E-state index is 0.463. The van der Waals surface area contributed by atoms with Crippen LogP contribution in [0.4, 0.5) is 5.69 Å². The zero-order valence-corrected chi connectivity index (χ0v) is 30.3. The lowest BCUT2D eigenvalue weighted by atomic mass is 9.67. The van der Waals surface area contributed by atoms with Crippen LogP contribution in [0.25, 0.3) is 72.3 Å². The number of nitrogens with two attached hydrogens (primary N) is 1. The number of rotatable bonds is 3. The second-order valence-corrected chi connectivity index (χ2v) is 15.5. The van der Waals surface area contributed by atoms with Crippen LogP contribution in [0.3, 0.4) is 0 Å². The van der Waals surface area contributed by atoms with Crippen molar-refractivity contribution in [1.29, 1.82) is 0 Å². The molecule has 0 radical (unpaired) electrons. The highest BCUT2D eigenvalue weighted by Crippen LogP contribution is 2.62. The van der Waals surface area contributed by atoms with E-state index in [-0.39, 0.29) is 0 Å². The molecule has 4 nitrogen and oxygen atoms in total. The van der Waals surface area contributed by atoms with Crippen LogP contribution in [0.5, 0.6) is 0 Å². The molecule has 5 heteroatoms. The number of hydrogen-bond acceptors (Lipinski definition) is 4. The summed E-state index contributed by atoms with van der Waals surface area (Å²) in [5.41, 5.74) is 22.7. The zero-order chi connectivity index (χ0) is 36.3. The number of hydrogen-bond donors (Lipinski definition) is 1. The number of anilines is 1. The van der Waals surface area contributed by atoms with Crippen LogP contribution in [0.2, 0.25) is 0 Å². The second-order valence-electron chi connectivity index (χ2n) is 14.5. The molecule has 0 bridgehead atoms. The third-order valence-electron chi connectivity index (χ3n) is 11.7. The highest BCUT2D eigenvalue weighted by atomic mass is 32.2. The van der Waals surface area contributed by atoms with Gasteiger partial charge in [-0.3, -0.25) is 4.57 Å². The van der Waals surface area contributed by atoms with Crippen molar-refractivity contribution in [3.05, 3.63) is 198 Å². The van der Waals surface area contributed by atoms with Gasteiger partial charge in [-0.15, -0.1) is 0 Å². The Balaban J connectivity index is 1.04. The topological polar surface area (TPSA) is 57.0 Å². The Hall–Kier alpha value is -6.82. The predicted molar refractivity (Wildman–Crippen MR) is 225 cm³/mol. The van der Waals surface area contributed by atoms with Crippen LogP contribution >= 0.6 is 11.8 Å². The third kappa shape index (κ3) is 4.16. The molecule has 1 spiro atoms. The average Bonchev–Trinajstić information content (AvgIpc) is 3.90. The molecule has 10 aromatic rings. The molecule has 2 aliphatic rings. The van der Waals surface area contributed by atoms with Crippen molar-refractivity contribution in [3.8, 4) is 39.3 Å². The Bertz CT molecular complexity index is 3160. The maximum Gasteiger partial charge on any atom is 0.149 e. The molecule has 0 saturated carbocycles. The molecule has 1 aliphatic carbocycles. The fraction of sp³-hybridized carbons (Fsp3) is 0.0200. The van der Waals surface area contributed by atoms with Crippen LogP contribution in [0.15, 0.2) is 190 Å². The van der Waals surface area contributed by atoms with Gasteiger partial charge in [-0.25, -0.2) is 4.98 Å². The molecule has 258 valence electrons. The predicted octanol–water partition coefficient (Wildman–Crippen LogP) is 12.7. The number of benzene rings is 8. The van der Waals surface area contributed by atoms with Crippen molar-refractivity contribution >= 4 is 50.4 Å². The SMILES string of the molecule is Nc1cc2c(cc1-c1ccc(-n3c(-c4cccc5c4oc4ccccc45)nc4ccccc43)cc1)C1(c3ccccc3Sc3ccccc31)c1ccccc1-2. The van der Waals surface area contributed by atoms with Gasteiger partial charge in [0.2, 0.25) is 0 Å². The molecule has 0 saturated heterocycles. The van der Waals surface area contributed by atoms with Gasteiger partial charge in [0.25, 0.3) is 0 Å². The first kappa shape index (κ1) is 30.6. The molecule has 55 heavy (non-hydrogen) atoms. The first-order chi connectivity index (χ1) is 27.2. The molecule has 3 heterocycles. The number of furan rings is 1. The molecule has 2 aromatic heterocycles. The van der Waals surface area contributed by atoms with Crippen molar-refractivity contribution < 1.29 is 4.42 Å². The summed E-state index contributed by atoms with van der Waals surface area (Å²) in [6.07, 6.45) is 0. The van der Waals surface area contributed by atoms with Gasteiger partial charge in [0, 0.05) is 37.5 Å². The summed E-state index contributed by atoms with van der Waals surface area (Å²) in [6.45, 7) is 0. The lowest BCUT2D eigenvalue weighted by Crippen LogP contribution is -2.32. The maximum absolute atomic E-state index is 7.05. The first-order valence-electron chi connectivity index (χ1n) is 18.6. The standard InChI is InChI=1S/C50H31N3OS/c51-42-29-37-32-12-1-3-16-38(32)50(39-17-4-9-22-46(39)55-47-23-10-5-18-40(47)50)41(37)28-36(42)30-24-26-31(27-25-30)53-44-20-7-6-19-43(44)52-49(53)35-15-11-14-34-33-13-2-8-21-45(33)54-48(34)35/h1-29H,51H2. The summed E-state index contributed by atoms with van der Waals surface area (Å²) >= 11 is 1.86. The van der Waals surface area contributed by atoms with E-state index in [0.717, 1.165) is 66.9 Å². The van der Waals surface area contributed by atoms with E-state index in [1.807, 2.05) is 30.0 Å². The minimum atomic E-state index is -0.463. The zero-order valence-electron chi connectivity index (χ0n) is 29.5. The molecule has 1 aliphatic heterocycles. The van der Waals surface area contributed by atoms with Crippen LogP contribution in [-0.4, -0.2) is 9.55 Å². The van der Waals surface area contributed by atoms with E-state index < -0.39 is 5.41 Å². The summed E-state index contributed by atoms with van der Waals surface area (Å²) in [5.74, 6) is 0.836. The molecule has 0 amide bonds. The van der Waals surface area contributed by atoms with Gasteiger partial charge in [-0.2, -0.15) is 0 Å². The monoisotopic (exact) mass is 721 g/mol. The molecule has 0 atom stereocenters. The number of fused-ring (bicyclic) bond motifs is 13. The lowest BCUT2D eigenvalue weighted by molar-refractivity contribution is 0.669. The van der Waals surface area contributed by atoms with E-state index in [1.54, 1.807) is 0 Å². The van der Waals surface area contributed by atoms with Crippen molar-refractivity contribution in [3.63, 3.8) is 0 Å². The number of nitrogens with zero attached hydrogens (tertiary/aromatic N) is 2. The third-order valence-corrected chi connectivity index (χ3v) is 12.8. The molecule has 0 unspecified atom stereocenters. The van der Waals surface area contributed by atoms with E-state index in [0.29, 0.717) is 0 Å². The summed E-state index contributed by atoms with van der Waals surface area (Å²) in [5, 5.41) is 2.18. The van der Waals surface area contributed by atoms with Gasteiger partial charge in [-0.05, 0) is 99.6 Å². The molecular formula is C50H31N3OS. The summed E-state index contributed by atoms with van der Waals surface area (Å²) in [7, 11) is 0. The Kier molecular flexibility index (Phi) is 6.32. The molecule has 2 N–H and O–H groups in total. The summed E-state index contributed by atoms with van der Waals surface area (Å²) in [6, 6.07) is 62.8. The summed E-state index contributed by atoms with van der Waals surface area (Å²) in [4.78, 5) is 7.77.